The van der Waals surface area contributed by atoms with Crippen LogP contribution in [0.4, 0.5) is 31.1 Å². The predicted octanol–water partition coefficient (Wildman–Crippen LogP) is 5.13. The van der Waals surface area contributed by atoms with Crippen LogP contribution in [0.2, 0.25) is 0 Å². The summed E-state index contributed by atoms with van der Waals surface area (Å²) in [7, 11) is 0. The minimum atomic E-state index is -5.01. The van der Waals surface area contributed by atoms with Gasteiger partial charge in [0, 0.05) is 31.2 Å². The number of hydrogen-bond acceptors (Lipinski definition) is 4. The van der Waals surface area contributed by atoms with Gasteiger partial charge in [-0.25, -0.2) is 4.79 Å². The molecule has 0 unspecified atom stereocenters. The standard InChI is InChI=1S/C23H31F6N3O3/c1-21(2,3)35-20(34)31-9-8-30-18-6-4-14(5-7-18)13-32-19(33)15-10-16(22(24,25)26)12-17(11-15)23(27,28)29/h10-12,14,18,30H,4-9,13H2,1-3H3,(H,31,34)(H,32,33). The van der Waals surface area contributed by atoms with Gasteiger partial charge in [-0.15, -0.1) is 0 Å². The number of nitrogens with one attached hydrogen (secondary N) is 3. The topological polar surface area (TPSA) is 79.5 Å². The van der Waals surface area contributed by atoms with Crippen molar-refractivity contribution in [2.24, 2.45) is 5.92 Å². The van der Waals surface area contributed by atoms with Crippen molar-refractivity contribution < 1.29 is 40.7 Å². The Hall–Kier alpha value is -2.50. The van der Waals surface area contributed by atoms with Crippen molar-refractivity contribution in [3.05, 3.63) is 34.9 Å². The van der Waals surface area contributed by atoms with Crippen LogP contribution in [0, 0.1) is 5.92 Å². The van der Waals surface area contributed by atoms with Crippen molar-refractivity contribution in [3.8, 4) is 0 Å². The van der Waals surface area contributed by atoms with Gasteiger partial charge in [0.2, 0.25) is 0 Å². The van der Waals surface area contributed by atoms with Crippen molar-refractivity contribution in [1.82, 2.24) is 16.0 Å². The van der Waals surface area contributed by atoms with Gasteiger partial charge in [0.1, 0.15) is 5.60 Å². The molecule has 0 aliphatic heterocycles. The molecule has 0 aromatic heterocycles. The van der Waals surface area contributed by atoms with Crippen molar-refractivity contribution >= 4 is 12.0 Å². The fourth-order valence-corrected chi connectivity index (χ4v) is 3.75. The molecular weight excluding hydrogens is 480 g/mol. The summed E-state index contributed by atoms with van der Waals surface area (Å²) in [5.41, 5.74) is -4.30. The van der Waals surface area contributed by atoms with Gasteiger partial charge in [0.15, 0.2) is 0 Å². The monoisotopic (exact) mass is 511 g/mol. The van der Waals surface area contributed by atoms with Gasteiger partial charge < -0.3 is 20.7 Å². The first-order valence-electron chi connectivity index (χ1n) is 11.3. The normalized spacial score (nSPS) is 19.2. The molecule has 0 radical (unpaired) electrons. The highest BCUT2D eigenvalue weighted by atomic mass is 19.4. The molecule has 0 spiro atoms. The van der Waals surface area contributed by atoms with E-state index in [1.807, 2.05) is 0 Å². The van der Waals surface area contributed by atoms with E-state index in [9.17, 15) is 35.9 Å². The number of ether oxygens (including phenoxy) is 1. The molecule has 0 atom stereocenters. The molecular formula is C23H31F6N3O3. The van der Waals surface area contributed by atoms with Crippen molar-refractivity contribution in [3.63, 3.8) is 0 Å². The Morgan fingerprint density at radius 3 is 1.89 bits per heavy atom. The number of alkyl halides is 6. The summed E-state index contributed by atoms with van der Waals surface area (Å²) in [4.78, 5) is 23.9. The number of amides is 2. The van der Waals surface area contributed by atoms with Crippen molar-refractivity contribution in [2.75, 3.05) is 19.6 Å². The number of carbonyl (C=O) groups is 2. The minimum Gasteiger partial charge on any atom is -0.444 e. The van der Waals surface area contributed by atoms with E-state index in [2.05, 4.69) is 16.0 Å². The van der Waals surface area contributed by atoms with Crippen molar-refractivity contribution in [1.29, 1.82) is 0 Å². The van der Waals surface area contributed by atoms with Crippen LogP contribution >= 0.6 is 0 Å². The number of carbonyl (C=O) groups excluding carboxylic acids is 2. The average molecular weight is 512 g/mol. The number of halogens is 6. The van der Waals surface area contributed by atoms with E-state index in [1.165, 1.54) is 0 Å². The third-order valence-electron chi connectivity index (χ3n) is 5.47. The lowest BCUT2D eigenvalue weighted by molar-refractivity contribution is -0.143. The largest absolute Gasteiger partial charge is 0.444 e. The highest BCUT2D eigenvalue weighted by Crippen LogP contribution is 2.36. The Morgan fingerprint density at radius 1 is 0.857 bits per heavy atom. The first kappa shape index (κ1) is 28.7. The molecule has 1 saturated carbocycles. The zero-order valence-corrected chi connectivity index (χ0v) is 19.8. The lowest BCUT2D eigenvalue weighted by Gasteiger charge is -2.29. The maximum Gasteiger partial charge on any atom is 0.416 e. The molecule has 198 valence electrons. The Morgan fingerprint density at radius 2 is 1.40 bits per heavy atom. The van der Waals surface area contributed by atoms with E-state index >= 15 is 0 Å². The summed E-state index contributed by atoms with van der Waals surface area (Å²) in [6, 6.07) is 1.06. The molecule has 1 aromatic rings. The Labute approximate surface area is 200 Å². The average Bonchev–Trinajstić information content (AvgIpc) is 2.73. The number of alkyl carbamates (subject to hydrolysis) is 1. The molecule has 3 N–H and O–H groups in total. The Kier molecular flexibility index (Phi) is 9.43. The molecule has 2 amide bonds. The highest BCUT2D eigenvalue weighted by Gasteiger charge is 2.37. The molecule has 35 heavy (non-hydrogen) atoms. The molecule has 1 aliphatic carbocycles. The van der Waals surface area contributed by atoms with E-state index in [4.69, 9.17) is 4.74 Å². The highest BCUT2D eigenvalue weighted by molar-refractivity contribution is 5.94. The molecule has 12 heteroatoms. The smallest absolute Gasteiger partial charge is 0.416 e. The molecule has 6 nitrogen and oxygen atoms in total. The third kappa shape index (κ3) is 9.95. The first-order chi connectivity index (χ1) is 16.0. The molecule has 2 rings (SSSR count). The fraction of sp³-hybridized carbons (Fsp3) is 0.652. The van der Waals surface area contributed by atoms with E-state index < -0.39 is 46.6 Å². The van der Waals surface area contributed by atoms with Crippen LogP contribution < -0.4 is 16.0 Å². The Bertz CT molecular complexity index is 840. The van der Waals surface area contributed by atoms with Crippen LogP contribution in [0.1, 0.15) is 67.9 Å². The zero-order valence-electron chi connectivity index (χ0n) is 19.8. The number of hydrogen-bond donors (Lipinski definition) is 3. The quantitative estimate of drug-likeness (QED) is 0.351. The molecule has 1 aromatic carbocycles. The van der Waals surface area contributed by atoms with Gasteiger partial charge in [-0.3, -0.25) is 4.79 Å². The van der Waals surface area contributed by atoms with E-state index in [-0.39, 0.29) is 24.6 Å². The van der Waals surface area contributed by atoms with E-state index in [0.717, 1.165) is 25.7 Å². The second-order valence-electron chi connectivity index (χ2n) is 9.61. The van der Waals surface area contributed by atoms with Gasteiger partial charge in [-0.2, -0.15) is 26.3 Å². The summed E-state index contributed by atoms with van der Waals surface area (Å²) in [5, 5.41) is 8.44. The summed E-state index contributed by atoms with van der Waals surface area (Å²) in [6.45, 7) is 6.40. The van der Waals surface area contributed by atoms with Gasteiger partial charge in [0.25, 0.3) is 5.91 Å². The molecule has 1 aliphatic rings. The maximum atomic E-state index is 13.0. The summed E-state index contributed by atoms with van der Waals surface area (Å²) >= 11 is 0. The lowest BCUT2D eigenvalue weighted by Crippen LogP contribution is -2.41. The summed E-state index contributed by atoms with van der Waals surface area (Å²) < 4.78 is 83.1. The summed E-state index contributed by atoms with van der Waals surface area (Å²) in [6.07, 6.45) is -7.49. The van der Waals surface area contributed by atoms with E-state index in [1.54, 1.807) is 20.8 Å². The van der Waals surface area contributed by atoms with Crippen LogP contribution in [0.3, 0.4) is 0 Å². The predicted molar refractivity (Wildman–Crippen MR) is 117 cm³/mol. The zero-order chi connectivity index (χ0) is 26.4. The van der Waals surface area contributed by atoms with Gasteiger partial charge in [-0.05, 0) is 70.6 Å². The van der Waals surface area contributed by atoms with Crippen molar-refractivity contribution in [2.45, 2.75) is 70.4 Å². The lowest BCUT2D eigenvalue weighted by atomic mass is 9.86. The summed E-state index contributed by atoms with van der Waals surface area (Å²) in [5.74, 6) is -0.917. The molecule has 0 saturated heterocycles. The van der Waals surface area contributed by atoms with Crippen LogP contribution in [0.5, 0.6) is 0 Å². The van der Waals surface area contributed by atoms with Crippen LogP contribution in [-0.4, -0.2) is 43.3 Å². The first-order valence-corrected chi connectivity index (χ1v) is 11.3. The van der Waals surface area contributed by atoms with Gasteiger partial charge in [0.05, 0.1) is 11.1 Å². The van der Waals surface area contributed by atoms with Gasteiger partial charge in [-0.1, -0.05) is 0 Å². The molecule has 0 bridgehead atoms. The molecule has 0 heterocycles. The van der Waals surface area contributed by atoms with Crippen LogP contribution in [0.25, 0.3) is 0 Å². The minimum absolute atomic E-state index is 0.00586. The second-order valence-corrected chi connectivity index (χ2v) is 9.61. The van der Waals surface area contributed by atoms with E-state index in [0.29, 0.717) is 25.2 Å². The fourth-order valence-electron chi connectivity index (χ4n) is 3.75. The number of rotatable bonds is 7. The SMILES string of the molecule is CC(C)(C)OC(=O)NCCNC1CCC(CNC(=O)c2cc(C(F)(F)F)cc(C(F)(F)F)c2)CC1. The van der Waals surface area contributed by atoms with Gasteiger partial charge >= 0.3 is 18.4 Å². The number of benzene rings is 1. The van der Waals surface area contributed by atoms with Crippen LogP contribution in [0.15, 0.2) is 18.2 Å². The third-order valence-corrected chi connectivity index (χ3v) is 5.47. The Balaban J connectivity index is 1.78. The molecule has 1 fully saturated rings. The second kappa shape index (κ2) is 11.5. The maximum absolute atomic E-state index is 13.0. The van der Waals surface area contributed by atoms with Crippen LogP contribution in [-0.2, 0) is 17.1 Å².